The lowest BCUT2D eigenvalue weighted by atomic mass is 9.92. The summed E-state index contributed by atoms with van der Waals surface area (Å²) in [5.74, 6) is -0.258. The van der Waals surface area contributed by atoms with Crippen LogP contribution in [0.1, 0.15) is 27.2 Å². The molecular weight excluding hydrogens is 256 g/mol. The van der Waals surface area contributed by atoms with E-state index in [2.05, 4.69) is 15.0 Å². The number of hydrogen-bond donors (Lipinski definition) is 2. The van der Waals surface area contributed by atoms with Crippen LogP contribution in [0.2, 0.25) is 0 Å². The van der Waals surface area contributed by atoms with Gasteiger partial charge in [0.1, 0.15) is 0 Å². The van der Waals surface area contributed by atoms with E-state index in [9.17, 15) is 9.90 Å². The highest BCUT2D eigenvalue weighted by atomic mass is 16.4. The van der Waals surface area contributed by atoms with Crippen LogP contribution >= 0.6 is 0 Å². The molecule has 6 nitrogen and oxygen atoms in total. The molecule has 0 aromatic carbocycles. The zero-order valence-electron chi connectivity index (χ0n) is 11.7. The Balaban J connectivity index is 2.22. The maximum atomic E-state index is 11.4. The van der Waals surface area contributed by atoms with Gasteiger partial charge in [-0.2, -0.15) is 0 Å². The lowest BCUT2D eigenvalue weighted by Crippen LogP contribution is -2.15. The van der Waals surface area contributed by atoms with Crippen molar-refractivity contribution >= 4 is 11.9 Å². The van der Waals surface area contributed by atoms with Gasteiger partial charge < -0.3 is 15.0 Å². The summed E-state index contributed by atoms with van der Waals surface area (Å²) in [6.07, 6.45) is 3.31. The highest BCUT2D eigenvalue weighted by Crippen LogP contribution is 2.35. The lowest BCUT2D eigenvalue weighted by molar-refractivity contribution is 0.0695. The molecule has 2 aromatic rings. The van der Waals surface area contributed by atoms with E-state index in [1.54, 1.807) is 6.92 Å². The van der Waals surface area contributed by atoms with Gasteiger partial charge in [-0.1, -0.05) is 0 Å². The zero-order chi connectivity index (χ0) is 14.4. The quantitative estimate of drug-likeness (QED) is 0.868. The van der Waals surface area contributed by atoms with Crippen LogP contribution in [-0.2, 0) is 12.8 Å². The van der Waals surface area contributed by atoms with E-state index < -0.39 is 5.97 Å². The summed E-state index contributed by atoms with van der Waals surface area (Å²) in [5.41, 5.74) is 4.62. The van der Waals surface area contributed by atoms with Crippen LogP contribution in [0.25, 0.3) is 11.4 Å². The molecule has 0 saturated heterocycles. The van der Waals surface area contributed by atoms with Gasteiger partial charge in [-0.25, -0.2) is 14.8 Å². The molecular formula is C14H16N4O2. The summed E-state index contributed by atoms with van der Waals surface area (Å²) in [4.78, 5) is 25.3. The number of aromatic nitrogens is 3. The molecule has 1 aliphatic rings. The maximum absolute atomic E-state index is 11.4. The molecule has 20 heavy (non-hydrogen) atoms. The molecule has 0 spiro atoms. The van der Waals surface area contributed by atoms with E-state index in [-0.39, 0.29) is 0 Å². The maximum Gasteiger partial charge on any atom is 0.337 e. The van der Waals surface area contributed by atoms with Crippen LogP contribution < -0.4 is 4.90 Å². The van der Waals surface area contributed by atoms with E-state index in [1.165, 1.54) is 0 Å². The van der Waals surface area contributed by atoms with Crippen LogP contribution in [0.15, 0.2) is 6.20 Å². The number of aryl methyl sites for hydroxylation is 2. The molecule has 104 valence electrons. The van der Waals surface area contributed by atoms with Gasteiger partial charge >= 0.3 is 5.97 Å². The number of carboxylic acid groups (broad SMARTS) is 1. The second-order valence-corrected chi connectivity index (χ2v) is 5.22. The van der Waals surface area contributed by atoms with E-state index >= 15 is 0 Å². The summed E-state index contributed by atoms with van der Waals surface area (Å²) < 4.78 is 0. The Kier molecular flexibility index (Phi) is 2.74. The number of aromatic amines is 1. The minimum atomic E-state index is -0.884. The Bertz CT molecular complexity index is 703. The third-order valence-electron chi connectivity index (χ3n) is 3.64. The average molecular weight is 272 g/mol. The van der Waals surface area contributed by atoms with Gasteiger partial charge in [0.05, 0.1) is 17.0 Å². The second kappa shape index (κ2) is 4.33. The van der Waals surface area contributed by atoms with Gasteiger partial charge in [-0.15, -0.1) is 0 Å². The molecule has 6 heteroatoms. The Morgan fingerprint density at radius 3 is 2.80 bits per heavy atom. The summed E-state index contributed by atoms with van der Waals surface area (Å²) in [7, 11) is 3.77. The van der Waals surface area contributed by atoms with Crippen molar-refractivity contribution in [3.63, 3.8) is 0 Å². The number of rotatable bonds is 2. The molecule has 0 unspecified atom stereocenters. The van der Waals surface area contributed by atoms with Crippen LogP contribution in [-0.4, -0.2) is 40.1 Å². The molecule has 0 saturated carbocycles. The SMILES string of the molecule is Cc1[nH]c2c(c1C(=O)O)CCc1cnc(N(C)C)nc1-2. The number of nitrogens with zero attached hydrogens (tertiary/aromatic N) is 3. The van der Waals surface area contributed by atoms with Crippen molar-refractivity contribution in [3.8, 4) is 11.4 Å². The van der Waals surface area contributed by atoms with Gasteiger partial charge in [0, 0.05) is 26.0 Å². The first-order chi connectivity index (χ1) is 9.49. The first-order valence-electron chi connectivity index (χ1n) is 6.47. The monoisotopic (exact) mass is 272 g/mol. The predicted molar refractivity (Wildman–Crippen MR) is 75.3 cm³/mol. The summed E-state index contributed by atoms with van der Waals surface area (Å²) in [5, 5.41) is 9.34. The van der Waals surface area contributed by atoms with Gasteiger partial charge in [0.2, 0.25) is 5.95 Å². The Morgan fingerprint density at radius 2 is 2.15 bits per heavy atom. The minimum absolute atomic E-state index is 0.385. The first kappa shape index (κ1) is 12.7. The van der Waals surface area contributed by atoms with Crippen molar-refractivity contribution in [2.75, 3.05) is 19.0 Å². The largest absolute Gasteiger partial charge is 0.478 e. The number of hydrogen-bond acceptors (Lipinski definition) is 4. The summed E-state index contributed by atoms with van der Waals surface area (Å²) in [6, 6.07) is 0. The third-order valence-corrected chi connectivity index (χ3v) is 3.64. The number of nitrogens with one attached hydrogen (secondary N) is 1. The smallest absolute Gasteiger partial charge is 0.337 e. The highest BCUT2D eigenvalue weighted by Gasteiger charge is 2.27. The van der Waals surface area contributed by atoms with Gasteiger partial charge in [0.15, 0.2) is 0 Å². The second-order valence-electron chi connectivity index (χ2n) is 5.22. The number of carbonyl (C=O) groups is 1. The van der Waals surface area contributed by atoms with Crippen LogP contribution in [0.3, 0.4) is 0 Å². The zero-order valence-corrected chi connectivity index (χ0v) is 11.7. The normalized spacial score (nSPS) is 12.8. The minimum Gasteiger partial charge on any atom is -0.478 e. The van der Waals surface area contributed by atoms with Gasteiger partial charge in [-0.3, -0.25) is 0 Å². The van der Waals surface area contributed by atoms with Crippen molar-refractivity contribution in [1.29, 1.82) is 0 Å². The highest BCUT2D eigenvalue weighted by molar-refractivity contribution is 5.94. The molecule has 2 aromatic heterocycles. The van der Waals surface area contributed by atoms with Gasteiger partial charge in [-0.05, 0) is 30.9 Å². The molecule has 0 bridgehead atoms. The number of aromatic carboxylic acids is 1. The van der Waals surface area contributed by atoms with Crippen LogP contribution in [0.5, 0.6) is 0 Å². The predicted octanol–water partition coefficient (Wildman–Crippen LogP) is 1.64. The Labute approximate surface area is 116 Å². The molecule has 0 radical (unpaired) electrons. The summed E-state index contributed by atoms with van der Waals surface area (Å²) in [6.45, 7) is 1.79. The third kappa shape index (κ3) is 1.76. The number of H-pyrrole nitrogens is 1. The molecule has 2 heterocycles. The van der Waals surface area contributed by atoms with E-state index in [0.29, 0.717) is 23.6 Å². The van der Waals surface area contributed by atoms with Crippen molar-refractivity contribution in [2.45, 2.75) is 19.8 Å². The topological polar surface area (TPSA) is 82.1 Å². The fourth-order valence-electron chi connectivity index (χ4n) is 2.69. The van der Waals surface area contributed by atoms with Crippen molar-refractivity contribution in [2.24, 2.45) is 0 Å². The Hall–Kier alpha value is -2.37. The molecule has 0 amide bonds. The number of carboxylic acids is 1. The first-order valence-corrected chi connectivity index (χ1v) is 6.47. The Morgan fingerprint density at radius 1 is 1.40 bits per heavy atom. The number of fused-ring (bicyclic) bond motifs is 3. The van der Waals surface area contributed by atoms with E-state index in [0.717, 1.165) is 28.9 Å². The molecule has 1 aliphatic carbocycles. The van der Waals surface area contributed by atoms with Crippen molar-refractivity contribution < 1.29 is 9.90 Å². The van der Waals surface area contributed by atoms with Crippen molar-refractivity contribution in [1.82, 2.24) is 15.0 Å². The summed E-state index contributed by atoms with van der Waals surface area (Å²) >= 11 is 0. The molecule has 3 rings (SSSR count). The lowest BCUT2D eigenvalue weighted by Gasteiger charge is -2.18. The van der Waals surface area contributed by atoms with E-state index in [4.69, 9.17) is 0 Å². The fourth-order valence-corrected chi connectivity index (χ4v) is 2.69. The number of anilines is 1. The van der Waals surface area contributed by atoms with Gasteiger partial charge in [0.25, 0.3) is 0 Å². The molecule has 0 aliphatic heterocycles. The molecule has 0 atom stereocenters. The average Bonchev–Trinajstić information content (AvgIpc) is 2.74. The fraction of sp³-hybridized carbons (Fsp3) is 0.357. The molecule has 0 fully saturated rings. The standard InChI is InChI=1S/C14H16N4O2/c1-7-10(13(19)20)9-5-4-8-6-15-14(18(2)3)17-11(8)12(9)16-7/h6,16H,4-5H2,1-3H3,(H,19,20). The van der Waals surface area contributed by atoms with Crippen molar-refractivity contribution in [3.05, 3.63) is 28.6 Å². The van der Waals surface area contributed by atoms with Crippen LogP contribution in [0.4, 0.5) is 5.95 Å². The molecule has 2 N–H and O–H groups in total. The van der Waals surface area contributed by atoms with Crippen LogP contribution in [0, 0.1) is 6.92 Å². The van der Waals surface area contributed by atoms with E-state index in [1.807, 2.05) is 25.2 Å².